The minimum Gasteiger partial charge on any atom is -0.491 e. The Hall–Kier alpha value is -2.17. The highest BCUT2D eigenvalue weighted by atomic mass is 35.5. The first-order valence-electron chi connectivity index (χ1n) is 10.8. The maximum Gasteiger partial charge on any atom is 0.225 e. The molecule has 1 fully saturated rings. The lowest BCUT2D eigenvalue weighted by atomic mass is 10.1. The maximum absolute atomic E-state index is 12.0. The number of ether oxygens (including phenoxy) is 1. The van der Waals surface area contributed by atoms with E-state index in [0.717, 1.165) is 43.0 Å². The summed E-state index contributed by atoms with van der Waals surface area (Å²) in [4.78, 5) is 24.8. The number of nitrogens with one attached hydrogen (secondary N) is 2. The Labute approximate surface area is 206 Å². The van der Waals surface area contributed by atoms with Crippen LogP contribution in [0.1, 0.15) is 11.8 Å². The van der Waals surface area contributed by atoms with Crippen LogP contribution in [-0.4, -0.2) is 66.7 Å². The molecule has 1 aliphatic rings. The van der Waals surface area contributed by atoms with Crippen LogP contribution in [0.4, 0.5) is 5.95 Å². The molecule has 4 rings (SSSR count). The molecule has 0 unspecified atom stereocenters. The number of halogens is 2. The third-order valence-electron chi connectivity index (χ3n) is 5.32. The number of likely N-dealkylation sites (N-methyl/N-ethyl adjacent to an activating group) is 1. The molecule has 0 spiro atoms. The number of carbonyl (C=O) groups is 1. The summed E-state index contributed by atoms with van der Waals surface area (Å²) in [5, 5.41) is 7.80. The Morgan fingerprint density at radius 3 is 2.79 bits per heavy atom. The fourth-order valence-electron chi connectivity index (χ4n) is 3.74. The van der Waals surface area contributed by atoms with Gasteiger partial charge in [-0.1, -0.05) is 23.2 Å². The first-order chi connectivity index (χ1) is 15.9. The summed E-state index contributed by atoms with van der Waals surface area (Å²) in [6.07, 6.45) is 0.267. The number of hydrogen-bond donors (Lipinski definition) is 3. The van der Waals surface area contributed by atoms with Crippen molar-refractivity contribution in [3.63, 3.8) is 0 Å². The van der Waals surface area contributed by atoms with E-state index in [9.17, 15) is 4.79 Å². The van der Waals surface area contributed by atoms with Crippen molar-refractivity contribution in [3.8, 4) is 17.0 Å². The quantitative estimate of drug-likeness (QED) is 0.428. The highest BCUT2D eigenvalue weighted by Gasteiger charge is 2.19. The Balaban J connectivity index is 1.61. The Morgan fingerprint density at radius 1 is 1.24 bits per heavy atom. The average Bonchev–Trinajstić information content (AvgIpc) is 3.17. The van der Waals surface area contributed by atoms with Gasteiger partial charge >= 0.3 is 0 Å². The Bertz CT molecular complexity index is 1150. The van der Waals surface area contributed by atoms with Gasteiger partial charge in [-0.3, -0.25) is 9.69 Å². The third-order valence-corrected chi connectivity index (χ3v) is 6.96. The summed E-state index contributed by atoms with van der Waals surface area (Å²) < 4.78 is 6.01. The van der Waals surface area contributed by atoms with Gasteiger partial charge in [-0.15, -0.1) is 11.3 Å². The number of hydrogen-bond acceptors (Lipinski definition) is 8. The van der Waals surface area contributed by atoms with Gasteiger partial charge in [-0.05, 0) is 25.1 Å². The van der Waals surface area contributed by atoms with Crippen molar-refractivity contribution in [2.24, 2.45) is 0 Å². The van der Waals surface area contributed by atoms with Crippen molar-refractivity contribution in [2.75, 3.05) is 51.6 Å². The second-order valence-electron chi connectivity index (χ2n) is 7.69. The van der Waals surface area contributed by atoms with E-state index in [1.54, 1.807) is 12.1 Å². The van der Waals surface area contributed by atoms with E-state index in [-0.39, 0.29) is 18.3 Å². The molecule has 1 aliphatic heterocycles. The molecule has 3 heterocycles. The highest BCUT2D eigenvalue weighted by Crippen LogP contribution is 2.40. The molecular weight excluding hydrogens is 483 g/mol. The largest absolute Gasteiger partial charge is 0.491 e. The number of nitrogen functional groups attached to an aromatic ring is 1. The van der Waals surface area contributed by atoms with Crippen LogP contribution in [0.25, 0.3) is 21.5 Å². The van der Waals surface area contributed by atoms with Gasteiger partial charge in [0.05, 0.1) is 22.2 Å². The van der Waals surface area contributed by atoms with Crippen LogP contribution in [0.2, 0.25) is 10.0 Å². The lowest BCUT2D eigenvalue weighted by Gasteiger charge is -2.27. The van der Waals surface area contributed by atoms with Gasteiger partial charge in [-0.2, -0.15) is 0 Å². The minimum atomic E-state index is -0.0452. The molecular formula is C22H26Cl2N6O2S. The normalized spacial score (nSPS) is 14.5. The van der Waals surface area contributed by atoms with E-state index in [2.05, 4.69) is 25.5 Å². The van der Waals surface area contributed by atoms with E-state index in [1.807, 2.05) is 13.0 Å². The number of rotatable bonds is 8. The molecule has 0 aliphatic carbocycles. The zero-order chi connectivity index (χ0) is 23.4. The number of piperazine rings is 1. The van der Waals surface area contributed by atoms with E-state index in [1.165, 1.54) is 11.3 Å². The summed E-state index contributed by atoms with van der Waals surface area (Å²) in [6.45, 7) is 7.76. The monoisotopic (exact) mass is 508 g/mol. The zero-order valence-corrected chi connectivity index (χ0v) is 20.6. The molecule has 3 aromatic rings. The Kier molecular flexibility index (Phi) is 7.87. The molecule has 4 N–H and O–H groups in total. The van der Waals surface area contributed by atoms with Gasteiger partial charge in [0.25, 0.3) is 0 Å². The number of thiophene rings is 1. The van der Waals surface area contributed by atoms with Crippen LogP contribution in [0.3, 0.4) is 0 Å². The highest BCUT2D eigenvalue weighted by molar-refractivity contribution is 7.18. The van der Waals surface area contributed by atoms with Crippen molar-refractivity contribution in [3.05, 3.63) is 33.1 Å². The number of benzene rings is 1. The SMILES string of the molecule is CCNC(=O)Cc1cc2c(-c3cc(OCCN4CCNCC4)c(Cl)cc3Cl)nc(N)nc2s1. The summed E-state index contributed by atoms with van der Waals surface area (Å²) in [6, 6.07) is 5.37. The van der Waals surface area contributed by atoms with Crippen molar-refractivity contribution in [1.82, 2.24) is 25.5 Å². The van der Waals surface area contributed by atoms with Gasteiger partial charge in [0.1, 0.15) is 17.2 Å². The summed E-state index contributed by atoms with van der Waals surface area (Å²) in [7, 11) is 0. The van der Waals surface area contributed by atoms with Gasteiger partial charge in [-0.25, -0.2) is 9.97 Å². The van der Waals surface area contributed by atoms with Gasteiger partial charge < -0.3 is 21.1 Å². The number of carbonyl (C=O) groups excluding carboxylic acids is 1. The fraction of sp³-hybridized carbons (Fsp3) is 0.409. The fourth-order valence-corrected chi connectivity index (χ4v) is 5.30. The van der Waals surface area contributed by atoms with E-state index < -0.39 is 0 Å². The topological polar surface area (TPSA) is 105 Å². The predicted octanol–water partition coefficient (Wildman–Crippen LogP) is 3.21. The third kappa shape index (κ3) is 5.85. The number of aromatic nitrogens is 2. The first-order valence-corrected chi connectivity index (χ1v) is 12.4. The number of anilines is 1. The van der Waals surface area contributed by atoms with Gasteiger partial charge in [0.2, 0.25) is 11.9 Å². The molecule has 0 bridgehead atoms. The van der Waals surface area contributed by atoms with Crippen LogP contribution in [0.15, 0.2) is 18.2 Å². The van der Waals surface area contributed by atoms with E-state index >= 15 is 0 Å². The molecule has 2 aromatic heterocycles. The maximum atomic E-state index is 12.0. The van der Waals surface area contributed by atoms with E-state index in [0.29, 0.717) is 45.0 Å². The average molecular weight is 509 g/mol. The first kappa shape index (κ1) is 24.0. The van der Waals surface area contributed by atoms with Crippen LogP contribution >= 0.6 is 34.5 Å². The van der Waals surface area contributed by atoms with Gasteiger partial charge in [0.15, 0.2) is 0 Å². The molecule has 0 radical (unpaired) electrons. The van der Waals surface area contributed by atoms with E-state index in [4.69, 9.17) is 33.7 Å². The molecule has 176 valence electrons. The lowest BCUT2D eigenvalue weighted by molar-refractivity contribution is -0.120. The van der Waals surface area contributed by atoms with Gasteiger partial charge in [0, 0.05) is 55.1 Å². The Morgan fingerprint density at radius 2 is 2.03 bits per heavy atom. The predicted molar refractivity (Wildman–Crippen MR) is 134 cm³/mol. The van der Waals surface area contributed by atoms with Crippen molar-refractivity contribution < 1.29 is 9.53 Å². The van der Waals surface area contributed by atoms with Crippen LogP contribution in [0, 0.1) is 0 Å². The summed E-state index contributed by atoms with van der Waals surface area (Å²) in [5.41, 5.74) is 7.24. The lowest BCUT2D eigenvalue weighted by Crippen LogP contribution is -2.44. The molecule has 1 saturated heterocycles. The molecule has 1 amide bonds. The molecule has 11 heteroatoms. The molecule has 1 aromatic carbocycles. The summed E-state index contributed by atoms with van der Waals surface area (Å²) in [5.74, 6) is 0.627. The number of amides is 1. The number of fused-ring (bicyclic) bond motifs is 1. The number of nitrogens with zero attached hydrogens (tertiary/aromatic N) is 3. The molecule has 0 atom stereocenters. The standard InChI is InChI=1S/C22H26Cl2N6O2S/c1-2-27-19(31)10-13-9-15-20(28-22(25)29-21(15)33-13)14-11-18(17(24)12-16(14)23)32-8-7-30-5-3-26-4-6-30/h9,11-12,26H,2-8,10H2,1H3,(H,27,31)(H2,25,28,29). The second-order valence-corrected chi connectivity index (χ2v) is 9.62. The second kappa shape index (κ2) is 10.8. The number of nitrogens with two attached hydrogens (primary N) is 1. The van der Waals surface area contributed by atoms with Crippen LogP contribution < -0.4 is 21.1 Å². The molecule has 0 saturated carbocycles. The molecule has 33 heavy (non-hydrogen) atoms. The summed E-state index contributed by atoms with van der Waals surface area (Å²) >= 11 is 14.4. The molecule has 8 nitrogen and oxygen atoms in total. The van der Waals surface area contributed by atoms with Crippen molar-refractivity contribution >= 4 is 56.6 Å². The van der Waals surface area contributed by atoms with Crippen LogP contribution in [0.5, 0.6) is 5.75 Å². The smallest absolute Gasteiger partial charge is 0.225 e. The van der Waals surface area contributed by atoms with Crippen molar-refractivity contribution in [2.45, 2.75) is 13.3 Å². The van der Waals surface area contributed by atoms with Crippen molar-refractivity contribution in [1.29, 1.82) is 0 Å². The van der Waals surface area contributed by atoms with Crippen LogP contribution in [-0.2, 0) is 11.2 Å². The zero-order valence-electron chi connectivity index (χ0n) is 18.3. The minimum absolute atomic E-state index is 0.0452.